The fraction of sp³-hybridized carbons (Fsp3) is 0.294. The highest BCUT2D eigenvalue weighted by atomic mass is 19.3. The van der Waals surface area contributed by atoms with Gasteiger partial charge in [0.1, 0.15) is 5.75 Å². The van der Waals surface area contributed by atoms with E-state index in [2.05, 4.69) is 36.8 Å². The van der Waals surface area contributed by atoms with Crippen LogP contribution in [0.4, 0.5) is 8.78 Å². The van der Waals surface area contributed by atoms with Crippen molar-refractivity contribution in [3.8, 4) is 5.75 Å². The van der Waals surface area contributed by atoms with Crippen molar-refractivity contribution in [3.63, 3.8) is 0 Å². The summed E-state index contributed by atoms with van der Waals surface area (Å²) in [5.74, 6) is 0.146. The van der Waals surface area contributed by atoms with Gasteiger partial charge in [0.25, 0.3) is 0 Å². The van der Waals surface area contributed by atoms with Crippen LogP contribution in [0.15, 0.2) is 42.5 Å². The predicted molar refractivity (Wildman–Crippen MR) is 79.6 cm³/mol. The van der Waals surface area contributed by atoms with Crippen molar-refractivity contribution in [1.29, 1.82) is 0 Å². The van der Waals surface area contributed by atoms with Crippen LogP contribution >= 0.6 is 0 Å². The van der Waals surface area contributed by atoms with Gasteiger partial charge in [0.05, 0.1) is 0 Å². The number of rotatable bonds is 5. The van der Waals surface area contributed by atoms with E-state index < -0.39 is 6.61 Å². The summed E-state index contributed by atoms with van der Waals surface area (Å²) >= 11 is 0. The zero-order chi connectivity index (χ0) is 15.4. The minimum Gasteiger partial charge on any atom is -0.435 e. The van der Waals surface area contributed by atoms with Gasteiger partial charge < -0.3 is 10.5 Å². The summed E-state index contributed by atoms with van der Waals surface area (Å²) in [6.07, 6.45) is 0.706. The van der Waals surface area contributed by atoms with Crippen LogP contribution in [0.5, 0.6) is 5.75 Å². The minimum absolute atomic E-state index is 0.146. The lowest BCUT2D eigenvalue weighted by Crippen LogP contribution is -2.13. The molecule has 0 fully saturated rings. The van der Waals surface area contributed by atoms with Crippen LogP contribution in [0.25, 0.3) is 0 Å². The number of halogens is 2. The smallest absolute Gasteiger partial charge is 0.387 e. The quantitative estimate of drug-likeness (QED) is 0.898. The molecule has 21 heavy (non-hydrogen) atoms. The van der Waals surface area contributed by atoms with E-state index >= 15 is 0 Å². The molecule has 0 spiro atoms. The Kier molecular flexibility index (Phi) is 4.91. The molecule has 2 N–H and O–H groups in total. The fourth-order valence-electron chi connectivity index (χ4n) is 2.46. The van der Waals surface area contributed by atoms with E-state index in [4.69, 9.17) is 5.73 Å². The highest BCUT2D eigenvalue weighted by Crippen LogP contribution is 2.21. The first-order chi connectivity index (χ1) is 9.94. The van der Waals surface area contributed by atoms with Crippen molar-refractivity contribution in [3.05, 3.63) is 64.7 Å². The molecule has 0 saturated heterocycles. The van der Waals surface area contributed by atoms with Crippen molar-refractivity contribution < 1.29 is 13.5 Å². The van der Waals surface area contributed by atoms with E-state index in [1.165, 1.54) is 28.8 Å². The van der Waals surface area contributed by atoms with E-state index in [0.29, 0.717) is 6.42 Å². The standard InChI is InChI=1S/C17H19F2NO/c1-11-7-12(2)9-13(8-11)10-16(20)14-3-5-15(6-4-14)21-17(18)19/h3-9,16-17H,10,20H2,1-2H3. The Morgan fingerprint density at radius 3 is 2.10 bits per heavy atom. The van der Waals surface area contributed by atoms with Gasteiger partial charge in [-0.25, -0.2) is 0 Å². The van der Waals surface area contributed by atoms with Crippen molar-refractivity contribution in [2.24, 2.45) is 5.73 Å². The van der Waals surface area contributed by atoms with Crippen molar-refractivity contribution >= 4 is 0 Å². The number of hydrogen-bond acceptors (Lipinski definition) is 2. The number of aryl methyl sites for hydroxylation is 2. The number of alkyl halides is 2. The number of benzene rings is 2. The van der Waals surface area contributed by atoms with E-state index in [1.807, 2.05) is 0 Å². The summed E-state index contributed by atoms with van der Waals surface area (Å²) < 4.78 is 28.5. The monoisotopic (exact) mass is 291 g/mol. The first-order valence-corrected chi connectivity index (χ1v) is 6.81. The lowest BCUT2D eigenvalue weighted by Gasteiger charge is -2.14. The molecule has 2 aromatic carbocycles. The topological polar surface area (TPSA) is 35.2 Å². The predicted octanol–water partition coefficient (Wildman–Crippen LogP) is 4.15. The minimum atomic E-state index is -2.81. The van der Waals surface area contributed by atoms with Crippen LogP contribution in [0.2, 0.25) is 0 Å². The van der Waals surface area contributed by atoms with Crippen LogP contribution in [0.3, 0.4) is 0 Å². The fourth-order valence-corrected chi connectivity index (χ4v) is 2.46. The maximum Gasteiger partial charge on any atom is 0.387 e. The summed E-state index contributed by atoms with van der Waals surface area (Å²) in [6, 6.07) is 12.7. The van der Waals surface area contributed by atoms with Gasteiger partial charge in [0, 0.05) is 6.04 Å². The van der Waals surface area contributed by atoms with E-state index in [-0.39, 0.29) is 11.8 Å². The molecule has 0 aliphatic carbocycles. The zero-order valence-electron chi connectivity index (χ0n) is 12.1. The highest BCUT2D eigenvalue weighted by molar-refractivity contribution is 5.33. The summed E-state index contributed by atoms with van der Waals surface area (Å²) in [4.78, 5) is 0. The molecular formula is C17H19F2NO. The average molecular weight is 291 g/mol. The Labute approximate surface area is 123 Å². The third kappa shape index (κ3) is 4.53. The second-order valence-electron chi connectivity index (χ2n) is 5.25. The van der Waals surface area contributed by atoms with Crippen LogP contribution in [-0.4, -0.2) is 6.61 Å². The van der Waals surface area contributed by atoms with E-state index in [9.17, 15) is 8.78 Å². The number of nitrogens with two attached hydrogens (primary N) is 1. The second-order valence-corrected chi connectivity index (χ2v) is 5.25. The molecule has 2 aromatic rings. The molecule has 112 valence electrons. The summed E-state index contributed by atoms with van der Waals surface area (Å²) in [6.45, 7) is 1.30. The second kappa shape index (κ2) is 6.68. The molecule has 0 aromatic heterocycles. The Balaban J connectivity index is 2.07. The van der Waals surface area contributed by atoms with Gasteiger partial charge in [0.2, 0.25) is 0 Å². The van der Waals surface area contributed by atoms with E-state index in [1.54, 1.807) is 12.1 Å². The van der Waals surface area contributed by atoms with Gasteiger partial charge in [-0.1, -0.05) is 41.5 Å². The van der Waals surface area contributed by atoms with Gasteiger partial charge in [-0.3, -0.25) is 0 Å². The molecule has 4 heteroatoms. The average Bonchev–Trinajstić information content (AvgIpc) is 2.37. The lowest BCUT2D eigenvalue weighted by atomic mass is 9.97. The molecule has 0 bridgehead atoms. The Hall–Kier alpha value is -1.94. The van der Waals surface area contributed by atoms with E-state index in [0.717, 1.165) is 5.56 Å². The maximum absolute atomic E-state index is 12.1. The first kappa shape index (κ1) is 15.4. The zero-order valence-corrected chi connectivity index (χ0v) is 12.1. The Morgan fingerprint density at radius 1 is 1.00 bits per heavy atom. The molecule has 1 unspecified atom stereocenters. The first-order valence-electron chi connectivity index (χ1n) is 6.81. The van der Waals surface area contributed by atoms with Gasteiger partial charge in [-0.05, 0) is 43.5 Å². The SMILES string of the molecule is Cc1cc(C)cc(CC(N)c2ccc(OC(F)F)cc2)c1. The molecule has 0 aliphatic rings. The normalized spacial score (nSPS) is 12.5. The molecule has 1 atom stereocenters. The summed E-state index contributed by atoms with van der Waals surface area (Å²) in [7, 11) is 0. The van der Waals surface area contributed by atoms with Gasteiger partial charge in [-0.2, -0.15) is 8.78 Å². The molecule has 2 nitrogen and oxygen atoms in total. The van der Waals surface area contributed by atoms with Crippen LogP contribution < -0.4 is 10.5 Å². The highest BCUT2D eigenvalue weighted by Gasteiger charge is 2.09. The molecular weight excluding hydrogens is 272 g/mol. The third-order valence-corrected chi connectivity index (χ3v) is 3.27. The van der Waals surface area contributed by atoms with Crippen molar-refractivity contribution in [2.75, 3.05) is 0 Å². The van der Waals surface area contributed by atoms with Crippen LogP contribution in [0.1, 0.15) is 28.3 Å². The molecule has 0 radical (unpaired) electrons. The molecule has 0 aliphatic heterocycles. The molecule has 0 amide bonds. The van der Waals surface area contributed by atoms with Crippen LogP contribution in [-0.2, 0) is 6.42 Å². The van der Waals surface area contributed by atoms with Gasteiger partial charge >= 0.3 is 6.61 Å². The molecule has 0 saturated carbocycles. The molecule has 2 rings (SSSR count). The summed E-state index contributed by atoms with van der Waals surface area (Å²) in [5.41, 5.74) is 10.7. The largest absolute Gasteiger partial charge is 0.435 e. The molecule has 0 heterocycles. The summed E-state index contributed by atoms with van der Waals surface area (Å²) in [5, 5.41) is 0. The third-order valence-electron chi connectivity index (χ3n) is 3.27. The Bertz CT molecular complexity index is 576. The van der Waals surface area contributed by atoms with Crippen molar-refractivity contribution in [1.82, 2.24) is 0 Å². The van der Waals surface area contributed by atoms with Crippen LogP contribution in [0, 0.1) is 13.8 Å². The van der Waals surface area contributed by atoms with Crippen molar-refractivity contribution in [2.45, 2.75) is 32.9 Å². The number of hydrogen-bond donors (Lipinski definition) is 1. The number of ether oxygens (including phenoxy) is 1. The maximum atomic E-state index is 12.1. The Morgan fingerprint density at radius 2 is 1.57 bits per heavy atom. The van der Waals surface area contributed by atoms with Gasteiger partial charge in [0.15, 0.2) is 0 Å². The lowest BCUT2D eigenvalue weighted by molar-refractivity contribution is -0.0498. The van der Waals surface area contributed by atoms with Gasteiger partial charge in [-0.15, -0.1) is 0 Å².